The smallest absolute Gasteiger partial charge is 0.200 e. The summed E-state index contributed by atoms with van der Waals surface area (Å²) in [5.41, 5.74) is 4.19. The van der Waals surface area contributed by atoms with E-state index in [9.17, 15) is 4.79 Å². The highest BCUT2D eigenvalue weighted by molar-refractivity contribution is 6.13. The zero-order valence-corrected chi connectivity index (χ0v) is 11.7. The molecule has 3 aromatic heterocycles. The predicted octanol–water partition coefficient (Wildman–Crippen LogP) is 2.36. The first kappa shape index (κ1) is 11.5. The quantitative estimate of drug-likeness (QED) is 0.464. The van der Waals surface area contributed by atoms with Gasteiger partial charge in [-0.15, -0.1) is 0 Å². The highest BCUT2D eigenvalue weighted by atomic mass is 16.1. The van der Waals surface area contributed by atoms with E-state index in [-0.39, 0.29) is 5.43 Å². The van der Waals surface area contributed by atoms with Gasteiger partial charge in [0.25, 0.3) is 0 Å². The molecular formula is C16H11N5O. The fourth-order valence-corrected chi connectivity index (χ4v) is 3.30. The fourth-order valence-electron chi connectivity index (χ4n) is 3.30. The number of fused-ring (bicyclic) bond motifs is 4. The molecule has 2 aromatic carbocycles. The topological polar surface area (TPSA) is 75.1 Å². The summed E-state index contributed by atoms with van der Waals surface area (Å²) in [5.74, 6) is 0. The van der Waals surface area contributed by atoms with Crippen LogP contribution in [-0.4, -0.2) is 26.6 Å². The minimum Gasteiger partial charge on any atom is -0.387 e. The molecule has 6 heteroatoms. The van der Waals surface area contributed by atoms with Crippen molar-refractivity contribution in [2.24, 2.45) is 0 Å². The molecule has 106 valence electrons. The number of nitrogens with one attached hydrogen (secondary N) is 2. The van der Waals surface area contributed by atoms with Crippen molar-refractivity contribution in [2.75, 3.05) is 12.4 Å². The number of aromatic amines is 1. The maximum Gasteiger partial charge on any atom is 0.200 e. The summed E-state index contributed by atoms with van der Waals surface area (Å²) in [6.07, 6.45) is 3.47. The van der Waals surface area contributed by atoms with Crippen molar-refractivity contribution >= 4 is 43.9 Å². The average Bonchev–Trinajstić information content (AvgIpc) is 3.18. The summed E-state index contributed by atoms with van der Waals surface area (Å²) >= 11 is 0. The van der Waals surface area contributed by atoms with Crippen molar-refractivity contribution in [1.29, 1.82) is 0 Å². The van der Waals surface area contributed by atoms with Gasteiger partial charge in [-0.1, -0.05) is 0 Å². The monoisotopic (exact) mass is 289 g/mol. The van der Waals surface area contributed by atoms with Crippen LogP contribution in [0.2, 0.25) is 0 Å². The van der Waals surface area contributed by atoms with E-state index in [1.807, 2.05) is 35.7 Å². The predicted molar refractivity (Wildman–Crippen MR) is 86.9 cm³/mol. The van der Waals surface area contributed by atoms with Crippen LogP contribution >= 0.6 is 0 Å². The zero-order valence-electron chi connectivity index (χ0n) is 11.7. The minimum absolute atomic E-state index is 0.00458. The van der Waals surface area contributed by atoms with E-state index in [0.717, 1.165) is 33.1 Å². The van der Waals surface area contributed by atoms with E-state index < -0.39 is 0 Å². The number of hydrogen-bond donors (Lipinski definition) is 2. The van der Waals surface area contributed by atoms with Gasteiger partial charge >= 0.3 is 0 Å². The van der Waals surface area contributed by atoms with Gasteiger partial charge in [-0.2, -0.15) is 5.10 Å². The van der Waals surface area contributed by atoms with Gasteiger partial charge in [0.05, 0.1) is 39.0 Å². The van der Waals surface area contributed by atoms with E-state index >= 15 is 0 Å². The van der Waals surface area contributed by atoms with Crippen LogP contribution < -0.4 is 10.7 Å². The number of pyridine rings is 1. The second-order valence-electron chi connectivity index (χ2n) is 5.34. The van der Waals surface area contributed by atoms with Gasteiger partial charge in [0.15, 0.2) is 5.43 Å². The Morgan fingerprint density at radius 1 is 1.18 bits per heavy atom. The molecule has 0 saturated heterocycles. The first-order valence-corrected chi connectivity index (χ1v) is 6.98. The van der Waals surface area contributed by atoms with Crippen LogP contribution in [0.4, 0.5) is 5.69 Å². The molecule has 5 rings (SSSR count). The Hall–Kier alpha value is -3.15. The molecular weight excluding hydrogens is 278 g/mol. The van der Waals surface area contributed by atoms with E-state index in [2.05, 4.69) is 20.5 Å². The van der Waals surface area contributed by atoms with E-state index in [0.29, 0.717) is 10.8 Å². The Morgan fingerprint density at radius 3 is 2.95 bits per heavy atom. The maximum absolute atomic E-state index is 13.2. The van der Waals surface area contributed by atoms with Crippen molar-refractivity contribution in [1.82, 2.24) is 19.6 Å². The summed E-state index contributed by atoms with van der Waals surface area (Å²) in [4.78, 5) is 17.6. The summed E-state index contributed by atoms with van der Waals surface area (Å²) in [7, 11) is 1.82. The third-order valence-electron chi connectivity index (χ3n) is 4.29. The third-order valence-corrected chi connectivity index (χ3v) is 4.29. The lowest BCUT2D eigenvalue weighted by molar-refractivity contribution is 1.12. The summed E-state index contributed by atoms with van der Waals surface area (Å²) in [6.45, 7) is 0. The van der Waals surface area contributed by atoms with Crippen LogP contribution in [0.3, 0.4) is 0 Å². The number of benzene rings is 2. The first-order valence-electron chi connectivity index (χ1n) is 6.98. The summed E-state index contributed by atoms with van der Waals surface area (Å²) in [5, 5.41) is 12.3. The number of H-pyrrole nitrogens is 1. The Balaban J connectivity index is 2.24. The Bertz CT molecular complexity index is 1230. The van der Waals surface area contributed by atoms with Gasteiger partial charge in [0.2, 0.25) is 0 Å². The van der Waals surface area contributed by atoms with Gasteiger partial charge in [-0.25, -0.2) is 4.98 Å². The lowest BCUT2D eigenvalue weighted by atomic mass is 10.1. The number of hydrogen-bond acceptors (Lipinski definition) is 4. The van der Waals surface area contributed by atoms with E-state index in [1.54, 1.807) is 12.5 Å². The normalized spacial score (nSPS) is 12.0. The Kier molecular flexibility index (Phi) is 1.95. The van der Waals surface area contributed by atoms with Crippen molar-refractivity contribution in [3.8, 4) is 0 Å². The van der Waals surface area contributed by atoms with Crippen LogP contribution in [0.25, 0.3) is 38.2 Å². The molecule has 6 nitrogen and oxygen atoms in total. The molecule has 22 heavy (non-hydrogen) atoms. The van der Waals surface area contributed by atoms with Gasteiger partial charge < -0.3 is 5.32 Å². The van der Waals surface area contributed by atoms with Crippen molar-refractivity contribution in [3.63, 3.8) is 0 Å². The Labute approximate surface area is 123 Å². The molecule has 0 radical (unpaired) electrons. The van der Waals surface area contributed by atoms with Crippen LogP contribution in [0.5, 0.6) is 0 Å². The molecule has 0 aliphatic carbocycles. The average molecular weight is 289 g/mol. The molecule has 0 aliphatic rings. The molecule has 0 unspecified atom stereocenters. The molecule has 0 fully saturated rings. The molecule has 5 aromatic rings. The largest absolute Gasteiger partial charge is 0.387 e. The SMILES string of the molecule is CNc1ccc2ncn3c4ccc5[nH]ncc5c4c(=O)c1c23. The lowest BCUT2D eigenvalue weighted by Gasteiger charge is -2.09. The van der Waals surface area contributed by atoms with Crippen LogP contribution in [-0.2, 0) is 0 Å². The second kappa shape index (κ2) is 3.73. The molecule has 3 heterocycles. The molecule has 0 spiro atoms. The molecule has 0 bridgehead atoms. The van der Waals surface area contributed by atoms with Gasteiger partial charge in [-0.05, 0) is 24.3 Å². The summed E-state index contributed by atoms with van der Waals surface area (Å²) < 4.78 is 1.98. The van der Waals surface area contributed by atoms with E-state index in [4.69, 9.17) is 0 Å². The highest BCUT2D eigenvalue weighted by Crippen LogP contribution is 2.30. The van der Waals surface area contributed by atoms with Crippen LogP contribution in [0.1, 0.15) is 0 Å². The highest BCUT2D eigenvalue weighted by Gasteiger charge is 2.17. The molecule has 0 saturated carbocycles. The van der Waals surface area contributed by atoms with Crippen LogP contribution in [0.15, 0.2) is 41.6 Å². The number of nitrogens with zero attached hydrogens (tertiary/aromatic N) is 3. The Morgan fingerprint density at radius 2 is 2.09 bits per heavy atom. The maximum atomic E-state index is 13.2. The number of imidazole rings is 1. The molecule has 2 N–H and O–H groups in total. The number of aromatic nitrogens is 4. The van der Waals surface area contributed by atoms with E-state index in [1.165, 1.54) is 0 Å². The van der Waals surface area contributed by atoms with Gasteiger partial charge in [0, 0.05) is 18.1 Å². The van der Waals surface area contributed by atoms with Crippen molar-refractivity contribution < 1.29 is 0 Å². The van der Waals surface area contributed by atoms with Crippen molar-refractivity contribution in [3.05, 3.63) is 47.0 Å². The number of rotatable bonds is 1. The first-order chi connectivity index (χ1) is 10.8. The standard InChI is InChI=1S/C16H11N5O/c1-17-10-2-3-11-15-14(10)16(22)13-8-6-19-20-9(8)4-5-12(13)21(15)7-18-11/h2-7,17H,1H3,(H,19,20). The minimum atomic E-state index is 0.00458. The lowest BCUT2D eigenvalue weighted by Crippen LogP contribution is -2.08. The molecule has 0 aliphatic heterocycles. The van der Waals surface area contributed by atoms with Gasteiger partial charge in [0.1, 0.15) is 6.33 Å². The number of anilines is 1. The molecule has 0 atom stereocenters. The van der Waals surface area contributed by atoms with Crippen LogP contribution in [0, 0.1) is 0 Å². The second-order valence-corrected chi connectivity index (χ2v) is 5.34. The third kappa shape index (κ3) is 1.18. The van der Waals surface area contributed by atoms with Gasteiger partial charge in [-0.3, -0.25) is 14.3 Å². The fraction of sp³-hybridized carbons (Fsp3) is 0.0625. The molecule has 0 amide bonds. The van der Waals surface area contributed by atoms with Crippen molar-refractivity contribution in [2.45, 2.75) is 0 Å². The summed E-state index contributed by atoms with van der Waals surface area (Å²) in [6, 6.07) is 7.69. The zero-order chi connectivity index (χ0) is 14.8.